The van der Waals surface area contributed by atoms with E-state index in [1.165, 1.54) is 12.9 Å². The fraction of sp³-hybridized carbons (Fsp3) is 0.647. The molecule has 0 aromatic rings. The third kappa shape index (κ3) is 8.82. The molecule has 8 nitrogen and oxygen atoms in total. The van der Waals surface area contributed by atoms with E-state index in [1.54, 1.807) is 6.92 Å². The minimum atomic E-state index is -4.82. The molecule has 0 bridgehead atoms. The lowest BCUT2D eigenvalue weighted by molar-refractivity contribution is -0.131. The van der Waals surface area contributed by atoms with Gasteiger partial charge in [-0.15, -0.1) is 0 Å². The average molecular weight is 437 g/mol. The molecule has 0 radical (unpaired) electrons. The summed E-state index contributed by atoms with van der Waals surface area (Å²) in [4.78, 5) is 27.0. The SMILES string of the molecule is CC(=O)NOCC(C)NC1=C(C(F)(F)F)C(=C=O)N(COCC[Si](C)(C)C)N=C1. The van der Waals surface area contributed by atoms with Crippen molar-refractivity contribution in [2.45, 2.75) is 51.8 Å². The van der Waals surface area contributed by atoms with Crippen LogP contribution < -0.4 is 10.8 Å². The van der Waals surface area contributed by atoms with Crippen molar-refractivity contribution in [2.75, 3.05) is 19.9 Å². The Morgan fingerprint density at radius 2 is 2.03 bits per heavy atom. The van der Waals surface area contributed by atoms with Gasteiger partial charge in [-0.3, -0.25) is 9.63 Å². The van der Waals surface area contributed by atoms with E-state index in [4.69, 9.17) is 9.57 Å². The summed E-state index contributed by atoms with van der Waals surface area (Å²) < 4.78 is 46.3. The highest BCUT2D eigenvalue weighted by Gasteiger charge is 2.43. The second kappa shape index (κ2) is 10.6. The Hall–Kier alpha value is -2.14. The molecule has 0 aromatic carbocycles. The van der Waals surface area contributed by atoms with Crippen molar-refractivity contribution in [2.24, 2.45) is 5.10 Å². The van der Waals surface area contributed by atoms with Gasteiger partial charge in [-0.2, -0.15) is 18.3 Å². The standard InChI is InChI=1S/C17H27F3N4O4Si/c1-12(10-28-23-13(2)26)22-14-8-21-24(11-27-6-7-29(3,4)5)15(9-25)16(14)17(18,19)20/h8,12,22H,6-7,10-11H2,1-5H3,(H,23,26). The number of rotatable bonds is 10. The van der Waals surface area contributed by atoms with Crippen LogP contribution >= 0.6 is 0 Å². The van der Waals surface area contributed by atoms with Crippen LogP contribution in [0.15, 0.2) is 22.1 Å². The maximum Gasteiger partial charge on any atom is 0.421 e. The molecule has 1 heterocycles. The number of alkyl halides is 3. The lowest BCUT2D eigenvalue weighted by Crippen LogP contribution is -2.40. The second-order valence-corrected chi connectivity index (χ2v) is 13.4. The monoisotopic (exact) mass is 436 g/mol. The largest absolute Gasteiger partial charge is 0.421 e. The second-order valence-electron chi connectivity index (χ2n) is 7.74. The Morgan fingerprint density at radius 1 is 1.38 bits per heavy atom. The quantitative estimate of drug-likeness (QED) is 0.236. The molecule has 1 atom stereocenters. The number of allylic oxidation sites excluding steroid dienone is 2. The van der Waals surface area contributed by atoms with E-state index in [1.807, 2.05) is 0 Å². The molecule has 0 spiro atoms. The molecule has 0 fully saturated rings. The van der Waals surface area contributed by atoms with E-state index < -0.39 is 43.2 Å². The number of hydroxylamine groups is 1. The lowest BCUT2D eigenvalue weighted by atomic mass is 10.1. The zero-order valence-corrected chi connectivity index (χ0v) is 18.1. The van der Waals surface area contributed by atoms with Gasteiger partial charge in [0.2, 0.25) is 5.91 Å². The zero-order valence-electron chi connectivity index (χ0n) is 17.1. The van der Waals surface area contributed by atoms with Crippen LogP contribution in [0.3, 0.4) is 0 Å². The van der Waals surface area contributed by atoms with Crippen molar-refractivity contribution in [1.29, 1.82) is 0 Å². The topological polar surface area (TPSA) is 92.3 Å². The van der Waals surface area contributed by atoms with Gasteiger partial charge in [0.1, 0.15) is 12.3 Å². The molecule has 12 heteroatoms. The van der Waals surface area contributed by atoms with Crippen LogP contribution in [0.25, 0.3) is 0 Å². The number of nitrogens with one attached hydrogen (secondary N) is 2. The van der Waals surface area contributed by atoms with Gasteiger partial charge >= 0.3 is 6.18 Å². The molecule has 1 amide bonds. The average Bonchev–Trinajstić information content (AvgIpc) is 2.56. The minimum Gasteiger partial charge on any atom is -0.378 e. The van der Waals surface area contributed by atoms with E-state index in [2.05, 4.69) is 35.5 Å². The predicted molar refractivity (Wildman–Crippen MR) is 104 cm³/mol. The molecule has 29 heavy (non-hydrogen) atoms. The van der Waals surface area contributed by atoms with Gasteiger partial charge in [0.25, 0.3) is 0 Å². The van der Waals surface area contributed by atoms with E-state index in [0.29, 0.717) is 6.61 Å². The van der Waals surface area contributed by atoms with Crippen molar-refractivity contribution in [3.8, 4) is 0 Å². The van der Waals surface area contributed by atoms with E-state index >= 15 is 0 Å². The number of hydrogen-bond acceptors (Lipinski definition) is 7. The van der Waals surface area contributed by atoms with Crippen molar-refractivity contribution >= 4 is 26.1 Å². The molecule has 1 aliphatic rings. The zero-order chi connectivity index (χ0) is 22.2. The summed E-state index contributed by atoms with van der Waals surface area (Å²) in [6.07, 6.45) is -3.85. The number of amides is 1. The smallest absolute Gasteiger partial charge is 0.378 e. The van der Waals surface area contributed by atoms with Crippen molar-refractivity contribution in [1.82, 2.24) is 15.8 Å². The van der Waals surface area contributed by atoms with Crippen LogP contribution in [0.1, 0.15) is 13.8 Å². The third-order valence-corrected chi connectivity index (χ3v) is 5.34. The van der Waals surface area contributed by atoms with Crippen LogP contribution in [0.2, 0.25) is 25.7 Å². The first-order chi connectivity index (χ1) is 13.3. The van der Waals surface area contributed by atoms with Gasteiger partial charge in [0.15, 0.2) is 11.6 Å². The fourth-order valence-corrected chi connectivity index (χ4v) is 2.97. The Balaban J connectivity index is 2.90. The Morgan fingerprint density at radius 3 is 2.55 bits per heavy atom. The predicted octanol–water partition coefficient (Wildman–Crippen LogP) is 2.18. The molecule has 2 N–H and O–H groups in total. The summed E-state index contributed by atoms with van der Waals surface area (Å²) in [6.45, 7) is 9.18. The number of halogens is 3. The highest BCUT2D eigenvalue weighted by molar-refractivity contribution is 6.76. The van der Waals surface area contributed by atoms with Crippen molar-refractivity contribution in [3.63, 3.8) is 0 Å². The van der Waals surface area contributed by atoms with E-state index in [9.17, 15) is 22.8 Å². The molecule has 164 valence electrons. The molecule has 1 aliphatic heterocycles. The van der Waals surface area contributed by atoms with Crippen molar-refractivity contribution < 1.29 is 32.3 Å². The molecule has 1 rings (SSSR count). The summed E-state index contributed by atoms with van der Waals surface area (Å²) >= 11 is 0. The first kappa shape index (κ1) is 24.9. The first-order valence-corrected chi connectivity index (χ1v) is 12.7. The number of hydrogen-bond donors (Lipinski definition) is 2. The van der Waals surface area contributed by atoms with Gasteiger partial charge in [0.05, 0.1) is 18.5 Å². The number of carbonyl (C=O) groups is 1. The number of ether oxygens (including phenoxy) is 1. The maximum atomic E-state index is 13.6. The van der Waals surface area contributed by atoms with Crippen LogP contribution in [0.4, 0.5) is 13.2 Å². The molecule has 0 aliphatic carbocycles. The summed E-state index contributed by atoms with van der Waals surface area (Å²) in [5.74, 6) is 0.888. The van der Waals surface area contributed by atoms with Crippen LogP contribution in [0.5, 0.6) is 0 Å². The number of nitrogens with zero attached hydrogens (tertiary/aromatic N) is 2. The first-order valence-electron chi connectivity index (χ1n) is 8.96. The van der Waals surface area contributed by atoms with Crippen LogP contribution in [0, 0.1) is 0 Å². The summed E-state index contributed by atoms with van der Waals surface area (Å²) in [5.41, 5.74) is -0.265. The van der Waals surface area contributed by atoms with E-state index in [-0.39, 0.29) is 13.3 Å². The Kier molecular flexibility index (Phi) is 9.08. The summed E-state index contributed by atoms with van der Waals surface area (Å²) in [6, 6.07) is 0.207. The molecule has 0 saturated heterocycles. The maximum absolute atomic E-state index is 13.6. The highest BCUT2D eigenvalue weighted by Crippen LogP contribution is 2.35. The molecular weight excluding hydrogens is 409 g/mol. The van der Waals surface area contributed by atoms with Crippen LogP contribution in [-0.4, -0.2) is 63.3 Å². The van der Waals surface area contributed by atoms with E-state index in [0.717, 1.165) is 17.3 Å². The number of hydrazone groups is 1. The van der Waals surface area contributed by atoms with Crippen LogP contribution in [-0.2, 0) is 19.2 Å². The Bertz CT molecular complexity index is 698. The van der Waals surface area contributed by atoms with Gasteiger partial charge in [-0.05, 0) is 13.0 Å². The number of carbonyl (C=O) groups excluding carboxylic acids is 2. The molecule has 0 saturated carbocycles. The van der Waals surface area contributed by atoms with Gasteiger partial charge in [0, 0.05) is 27.6 Å². The molecule has 1 unspecified atom stereocenters. The Labute approximate surface area is 168 Å². The normalized spacial score (nSPS) is 16.0. The molecule has 0 aromatic heterocycles. The fourth-order valence-electron chi connectivity index (χ4n) is 2.21. The minimum absolute atomic E-state index is 0.105. The van der Waals surface area contributed by atoms with Gasteiger partial charge in [-0.25, -0.2) is 15.3 Å². The van der Waals surface area contributed by atoms with Gasteiger partial charge < -0.3 is 10.1 Å². The van der Waals surface area contributed by atoms with Gasteiger partial charge in [-0.1, -0.05) is 19.6 Å². The summed E-state index contributed by atoms with van der Waals surface area (Å²) in [7, 11) is -1.36. The lowest BCUT2D eigenvalue weighted by Gasteiger charge is -2.29. The molecular formula is C17H27F3N4O4Si. The highest BCUT2D eigenvalue weighted by atomic mass is 28.3. The third-order valence-electron chi connectivity index (χ3n) is 3.63. The summed E-state index contributed by atoms with van der Waals surface area (Å²) in [5, 5.41) is 7.32. The van der Waals surface area contributed by atoms with Crippen molar-refractivity contribution in [3.05, 3.63) is 17.0 Å².